The van der Waals surface area contributed by atoms with Crippen molar-refractivity contribution in [2.75, 3.05) is 0 Å². The molecule has 0 unspecified atom stereocenters. The first-order valence-electron chi connectivity index (χ1n) is 6.00. The summed E-state index contributed by atoms with van der Waals surface area (Å²) in [6.45, 7) is 2.70. The number of nitrogens with one attached hydrogen (secondary N) is 1. The van der Waals surface area contributed by atoms with E-state index in [1.165, 1.54) is 6.07 Å². The first-order chi connectivity index (χ1) is 9.83. The molecule has 2 rings (SSSR count). The summed E-state index contributed by atoms with van der Waals surface area (Å²) < 4.78 is 45.8. The molecule has 0 saturated heterocycles. The van der Waals surface area contributed by atoms with Gasteiger partial charge in [-0.25, -0.2) is 4.98 Å². The van der Waals surface area contributed by atoms with Gasteiger partial charge in [0.25, 0.3) is 0 Å². The summed E-state index contributed by atoms with van der Waals surface area (Å²) in [7, 11) is 0. The number of hydrogen-bond donors (Lipinski definition) is 1. The Labute approximate surface area is 127 Å². The number of alkyl halides is 3. The van der Waals surface area contributed by atoms with Crippen LogP contribution >= 0.6 is 15.9 Å². The van der Waals surface area contributed by atoms with E-state index < -0.39 is 6.36 Å². The van der Waals surface area contributed by atoms with Crippen LogP contribution in [0.2, 0.25) is 0 Å². The highest BCUT2D eigenvalue weighted by Crippen LogP contribution is 2.31. The molecule has 0 spiro atoms. The van der Waals surface area contributed by atoms with E-state index in [0.29, 0.717) is 19.0 Å². The summed E-state index contributed by atoms with van der Waals surface area (Å²) in [5.41, 5.74) is 0.805. The molecule has 0 fully saturated rings. The highest BCUT2D eigenvalue weighted by molar-refractivity contribution is 9.10. The topological polar surface area (TPSA) is 47.3 Å². The third kappa shape index (κ3) is 5.05. The molecule has 1 heterocycles. The maximum absolute atomic E-state index is 12.1. The van der Waals surface area contributed by atoms with Gasteiger partial charge in [0.05, 0.1) is 17.2 Å². The molecular formula is C13H12BrF3N2O2. The maximum atomic E-state index is 12.1. The molecule has 0 aliphatic heterocycles. The van der Waals surface area contributed by atoms with Crippen molar-refractivity contribution in [3.05, 3.63) is 46.1 Å². The van der Waals surface area contributed by atoms with E-state index in [-0.39, 0.29) is 10.2 Å². The largest absolute Gasteiger partial charge is 0.573 e. The van der Waals surface area contributed by atoms with Crippen molar-refractivity contribution in [3.63, 3.8) is 0 Å². The quantitative estimate of drug-likeness (QED) is 0.872. The Morgan fingerprint density at radius 2 is 2.10 bits per heavy atom. The molecule has 21 heavy (non-hydrogen) atoms. The van der Waals surface area contributed by atoms with Crippen molar-refractivity contribution < 1.29 is 22.3 Å². The van der Waals surface area contributed by atoms with Crippen LogP contribution in [0.15, 0.2) is 33.3 Å². The van der Waals surface area contributed by atoms with Gasteiger partial charge in [-0.2, -0.15) is 0 Å². The summed E-state index contributed by atoms with van der Waals surface area (Å²) in [6.07, 6.45) is -3.08. The van der Waals surface area contributed by atoms with E-state index in [9.17, 15) is 13.2 Å². The number of ether oxygens (including phenoxy) is 1. The molecule has 1 aromatic carbocycles. The minimum Gasteiger partial charge on any atom is -0.445 e. The van der Waals surface area contributed by atoms with Gasteiger partial charge in [0.1, 0.15) is 11.5 Å². The number of halogens is 4. The summed E-state index contributed by atoms with van der Waals surface area (Å²) in [5.74, 6) is 1.02. The molecule has 8 heteroatoms. The normalized spacial score (nSPS) is 11.7. The van der Waals surface area contributed by atoms with E-state index in [0.717, 1.165) is 11.3 Å². The Morgan fingerprint density at radius 1 is 1.33 bits per heavy atom. The Kier molecular flexibility index (Phi) is 4.89. The Balaban J connectivity index is 1.91. The van der Waals surface area contributed by atoms with Crippen LogP contribution in [0, 0.1) is 6.92 Å². The fraction of sp³-hybridized carbons (Fsp3) is 0.308. The van der Waals surface area contributed by atoms with E-state index >= 15 is 0 Å². The molecular weight excluding hydrogens is 353 g/mol. The van der Waals surface area contributed by atoms with Crippen molar-refractivity contribution in [3.8, 4) is 5.75 Å². The molecule has 4 nitrogen and oxygen atoms in total. The van der Waals surface area contributed by atoms with Gasteiger partial charge in [-0.05, 0) is 40.5 Å². The van der Waals surface area contributed by atoms with E-state index in [1.807, 2.05) is 0 Å². The zero-order valence-electron chi connectivity index (χ0n) is 11.0. The Hall–Kier alpha value is -1.54. The minimum absolute atomic E-state index is 0.242. The van der Waals surface area contributed by atoms with E-state index in [4.69, 9.17) is 4.42 Å². The van der Waals surface area contributed by atoms with Crippen molar-refractivity contribution >= 4 is 15.9 Å². The zero-order valence-corrected chi connectivity index (χ0v) is 12.6. The van der Waals surface area contributed by atoms with Gasteiger partial charge in [0.15, 0.2) is 0 Å². The molecule has 0 aliphatic rings. The number of rotatable bonds is 5. The number of oxazole rings is 1. The highest BCUT2D eigenvalue weighted by Gasteiger charge is 2.31. The second-order valence-electron chi connectivity index (χ2n) is 4.28. The van der Waals surface area contributed by atoms with Crippen molar-refractivity contribution in [1.29, 1.82) is 0 Å². The molecule has 0 aliphatic carbocycles. The lowest BCUT2D eigenvalue weighted by molar-refractivity contribution is -0.274. The number of benzene rings is 1. The van der Waals surface area contributed by atoms with Crippen molar-refractivity contribution in [2.24, 2.45) is 0 Å². The Bertz CT molecular complexity index is 614. The lowest BCUT2D eigenvalue weighted by Gasteiger charge is -2.11. The molecule has 0 saturated carbocycles. The molecule has 2 aromatic rings. The van der Waals surface area contributed by atoms with Gasteiger partial charge in [-0.3, -0.25) is 0 Å². The lowest BCUT2D eigenvalue weighted by Crippen LogP contribution is -2.17. The van der Waals surface area contributed by atoms with Crippen LogP contribution in [0.5, 0.6) is 5.75 Å². The zero-order chi connectivity index (χ0) is 15.5. The van der Waals surface area contributed by atoms with Crippen LogP contribution in [-0.4, -0.2) is 11.3 Å². The molecule has 0 amide bonds. The predicted molar refractivity (Wildman–Crippen MR) is 72.6 cm³/mol. The molecule has 0 bridgehead atoms. The standard InChI is InChI=1S/C13H12BrF3N2O2/c1-8-5-19-12(20-8)7-18-6-9-2-3-11(10(14)4-9)21-13(15,16)17/h2-5,18H,6-7H2,1H3. The first kappa shape index (κ1) is 15.8. The average molecular weight is 365 g/mol. The van der Waals surface area contributed by atoms with Gasteiger partial charge >= 0.3 is 6.36 Å². The fourth-order valence-electron chi connectivity index (χ4n) is 1.66. The minimum atomic E-state index is -4.70. The number of aromatic nitrogens is 1. The van der Waals surface area contributed by atoms with E-state index in [2.05, 4.69) is 31.0 Å². The molecule has 1 aromatic heterocycles. The second-order valence-corrected chi connectivity index (χ2v) is 5.14. The molecule has 0 radical (unpaired) electrons. The monoisotopic (exact) mass is 364 g/mol. The summed E-state index contributed by atoms with van der Waals surface area (Å²) >= 11 is 3.06. The smallest absolute Gasteiger partial charge is 0.445 e. The lowest BCUT2D eigenvalue weighted by atomic mass is 10.2. The molecule has 114 valence electrons. The van der Waals surface area contributed by atoms with Crippen LogP contribution in [0.3, 0.4) is 0 Å². The van der Waals surface area contributed by atoms with Gasteiger partial charge in [-0.1, -0.05) is 6.07 Å². The summed E-state index contributed by atoms with van der Waals surface area (Å²) in [5, 5.41) is 3.09. The SMILES string of the molecule is Cc1cnc(CNCc2ccc(OC(F)(F)F)c(Br)c2)o1. The van der Waals surface area contributed by atoms with Crippen LogP contribution in [0.4, 0.5) is 13.2 Å². The number of aryl methyl sites for hydroxylation is 1. The van der Waals surface area contributed by atoms with E-state index in [1.54, 1.807) is 25.3 Å². The molecule has 0 atom stereocenters. The number of hydrogen-bond acceptors (Lipinski definition) is 4. The molecule has 1 N–H and O–H groups in total. The fourth-order valence-corrected chi connectivity index (χ4v) is 2.17. The van der Waals surface area contributed by atoms with Crippen molar-refractivity contribution in [1.82, 2.24) is 10.3 Å². The summed E-state index contributed by atoms with van der Waals surface area (Å²) in [4.78, 5) is 4.04. The average Bonchev–Trinajstić information content (AvgIpc) is 2.77. The maximum Gasteiger partial charge on any atom is 0.573 e. The number of nitrogens with zero attached hydrogens (tertiary/aromatic N) is 1. The van der Waals surface area contributed by atoms with Gasteiger partial charge < -0.3 is 14.5 Å². The second kappa shape index (κ2) is 6.48. The van der Waals surface area contributed by atoms with Crippen molar-refractivity contribution in [2.45, 2.75) is 26.4 Å². The first-order valence-corrected chi connectivity index (χ1v) is 6.79. The van der Waals surface area contributed by atoms with Crippen LogP contribution < -0.4 is 10.1 Å². The van der Waals surface area contributed by atoms with Crippen LogP contribution in [-0.2, 0) is 13.1 Å². The van der Waals surface area contributed by atoms with Gasteiger partial charge in [0.2, 0.25) is 5.89 Å². The Morgan fingerprint density at radius 3 is 2.67 bits per heavy atom. The van der Waals surface area contributed by atoms with Gasteiger partial charge in [-0.15, -0.1) is 13.2 Å². The third-order valence-corrected chi connectivity index (χ3v) is 3.12. The third-order valence-electron chi connectivity index (χ3n) is 2.50. The predicted octanol–water partition coefficient (Wildman–Crippen LogP) is 3.93. The van der Waals surface area contributed by atoms with Gasteiger partial charge in [0, 0.05) is 6.54 Å². The van der Waals surface area contributed by atoms with Crippen LogP contribution in [0.25, 0.3) is 0 Å². The van der Waals surface area contributed by atoms with Crippen LogP contribution in [0.1, 0.15) is 17.2 Å². The highest BCUT2D eigenvalue weighted by atomic mass is 79.9. The summed E-state index contributed by atoms with van der Waals surface area (Å²) in [6, 6.07) is 4.39.